The molecule has 1 aliphatic heterocycles. The fraction of sp³-hybridized carbons (Fsp3) is 0.500. The van der Waals surface area contributed by atoms with Crippen LogP contribution >= 0.6 is 11.3 Å². The lowest BCUT2D eigenvalue weighted by atomic mass is 10.2. The first-order valence-electron chi connectivity index (χ1n) is 11.5. The van der Waals surface area contributed by atoms with E-state index < -0.39 is 0 Å². The number of aromatic nitrogens is 3. The van der Waals surface area contributed by atoms with Crippen LogP contribution in [0.1, 0.15) is 62.5 Å². The Morgan fingerprint density at radius 2 is 2.00 bits per heavy atom. The minimum atomic E-state index is -0.194. The molecule has 3 aromatic rings. The third-order valence-electron chi connectivity index (χ3n) is 5.94. The normalized spacial score (nSPS) is 18.6. The summed E-state index contributed by atoms with van der Waals surface area (Å²) in [4.78, 5) is 29.5. The molecule has 8 heteroatoms. The van der Waals surface area contributed by atoms with Crippen LogP contribution in [-0.4, -0.2) is 39.5 Å². The first-order chi connectivity index (χ1) is 15.6. The number of hydrogen-bond acceptors (Lipinski definition) is 7. The number of hydrogen-bond donors (Lipinski definition) is 1. The molecule has 2 aliphatic rings. The molecule has 1 amide bonds. The van der Waals surface area contributed by atoms with Crippen molar-refractivity contribution in [3.05, 3.63) is 47.4 Å². The fourth-order valence-electron chi connectivity index (χ4n) is 4.11. The van der Waals surface area contributed by atoms with Gasteiger partial charge in [-0.15, -0.1) is 0 Å². The molecule has 0 spiro atoms. The van der Waals surface area contributed by atoms with Crippen LogP contribution in [0, 0.1) is 0 Å². The van der Waals surface area contributed by atoms with E-state index in [0.29, 0.717) is 24.9 Å². The van der Waals surface area contributed by atoms with E-state index in [0.717, 1.165) is 59.0 Å². The molecule has 2 fully saturated rings. The maximum absolute atomic E-state index is 13.0. The van der Waals surface area contributed by atoms with Gasteiger partial charge in [0.05, 0.1) is 16.5 Å². The van der Waals surface area contributed by atoms with E-state index in [1.807, 2.05) is 44.2 Å². The van der Waals surface area contributed by atoms with Crippen LogP contribution in [0.3, 0.4) is 0 Å². The van der Waals surface area contributed by atoms with Gasteiger partial charge < -0.3 is 15.0 Å². The zero-order valence-electron chi connectivity index (χ0n) is 18.6. The van der Waals surface area contributed by atoms with Crippen LogP contribution in [0.15, 0.2) is 30.3 Å². The third-order valence-corrected chi connectivity index (χ3v) is 7.04. The fourth-order valence-corrected chi connectivity index (χ4v) is 5.26. The number of nitrogens with zero attached hydrogens (tertiary/aromatic N) is 4. The molecular weight excluding hydrogens is 422 g/mol. The predicted octanol–water partition coefficient (Wildman–Crippen LogP) is 4.17. The topological polar surface area (TPSA) is 80.2 Å². The van der Waals surface area contributed by atoms with Gasteiger partial charge in [-0.05, 0) is 45.1 Å². The standard InChI is InChI=1S/C24H29N5O2S/c1-15(2)31-14-19-26-20(17-10-11-17)21-22(27-19)28-24(32-21)29-12-6-9-18(29)23(30)25-13-16-7-4-3-5-8-16/h3-5,7-8,15,17-18H,6,9-14H2,1-2H3,(H,25,30)/t18-/m1/s1. The van der Waals surface area contributed by atoms with Gasteiger partial charge in [0.25, 0.3) is 0 Å². The molecule has 3 heterocycles. The maximum Gasteiger partial charge on any atom is 0.243 e. The van der Waals surface area contributed by atoms with Crippen molar-refractivity contribution in [3.63, 3.8) is 0 Å². The number of thiazole rings is 1. The number of ether oxygens (including phenoxy) is 1. The second kappa shape index (κ2) is 9.11. The molecule has 1 saturated heterocycles. The highest BCUT2D eigenvalue weighted by molar-refractivity contribution is 7.22. The first-order valence-corrected chi connectivity index (χ1v) is 12.3. The number of fused-ring (bicyclic) bond motifs is 1. The number of rotatable bonds is 8. The van der Waals surface area contributed by atoms with E-state index in [1.54, 1.807) is 11.3 Å². The number of benzene rings is 1. The highest BCUT2D eigenvalue weighted by atomic mass is 32.1. The quantitative estimate of drug-likeness (QED) is 0.554. The van der Waals surface area contributed by atoms with Gasteiger partial charge in [0, 0.05) is 19.0 Å². The van der Waals surface area contributed by atoms with Crippen molar-refractivity contribution in [2.45, 2.75) is 70.7 Å². The minimum Gasteiger partial charge on any atom is -0.371 e. The Morgan fingerprint density at radius 1 is 1.19 bits per heavy atom. The summed E-state index contributed by atoms with van der Waals surface area (Å²) in [5.74, 6) is 1.25. The molecule has 5 rings (SSSR count). The Balaban J connectivity index is 1.37. The van der Waals surface area contributed by atoms with Crippen molar-refractivity contribution in [1.29, 1.82) is 0 Å². The van der Waals surface area contributed by atoms with E-state index in [2.05, 4.69) is 10.2 Å². The van der Waals surface area contributed by atoms with E-state index in [-0.39, 0.29) is 18.1 Å². The number of carbonyl (C=O) groups is 1. The van der Waals surface area contributed by atoms with Crippen LogP contribution < -0.4 is 10.2 Å². The molecule has 7 nitrogen and oxygen atoms in total. The van der Waals surface area contributed by atoms with Gasteiger partial charge in [-0.2, -0.15) is 4.98 Å². The molecule has 1 atom stereocenters. The molecule has 32 heavy (non-hydrogen) atoms. The van der Waals surface area contributed by atoms with Crippen molar-refractivity contribution >= 4 is 32.7 Å². The molecule has 1 saturated carbocycles. The van der Waals surface area contributed by atoms with Gasteiger partial charge in [0.15, 0.2) is 16.6 Å². The Kier molecular flexibility index (Phi) is 6.06. The average molecular weight is 452 g/mol. The summed E-state index contributed by atoms with van der Waals surface area (Å²) in [7, 11) is 0. The minimum absolute atomic E-state index is 0.0603. The summed E-state index contributed by atoms with van der Waals surface area (Å²) in [6.45, 7) is 5.79. The molecule has 1 aliphatic carbocycles. The van der Waals surface area contributed by atoms with Crippen LogP contribution in [0.25, 0.3) is 10.3 Å². The number of carbonyl (C=O) groups excluding carboxylic acids is 1. The lowest BCUT2D eigenvalue weighted by Gasteiger charge is -2.23. The van der Waals surface area contributed by atoms with Crippen LogP contribution in [0.4, 0.5) is 5.13 Å². The summed E-state index contributed by atoms with van der Waals surface area (Å²) in [6, 6.07) is 9.82. The predicted molar refractivity (Wildman–Crippen MR) is 126 cm³/mol. The molecule has 1 N–H and O–H groups in total. The summed E-state index contributed by atoms with van der Waals surface area (Å²) < 4.78 is 6.80. The molecule has 0 unspecified atom stereocenters. The van der Waals surface area contributed by atoms with Crippen molar-refractivity contribution in [2.24, 2.45) is 0 Å². The van der Waals surface area contributed by atoms with Crippen molar-refractivity contribution in [1.82, 2.24) is 20.3 Å². The Hall–Kier alpha value is -2.58. The van der Waals surface area contributed by atoms with Gasteiger partial charge in [0.2, 0.25) is 5.91 Å². The molecular formula is C24H29N5O2S. The largest absolute Gasteiger partial charge is 0.371 e. The molecule has 0 bridgehead atoms. The Morgan fingerprint density at radius 3 is 2.75 bits per heavy atom. The lowest BCUT2D eigenvalue weighted by Crippen LogP contribution is -2.43. The second-order valence-corrected chi connectivity index (χ2v) is 9.84. The third kappa shape index (κ3) is 4.61. The van der Waals surface area contributed by atoms with Crippen LogP contribution in [-0.2, 0) is 22.7 Å². The van der Waals surface area contributed by atoms with E-state index in [1.165, 1.54) is 0 Å². The van der Waals surface area contributed by atoms with Crippen LogP contribution in [0.2, 0.25) is 0 Å². The zero-order valence-corrected chi connectivity index (χ0v) is 19.4. The summed E-state index contributed by atoms with van der Waals surface area (Å²) in [6.07, 6.45) is 4.28. The van der Waals surface area contributed by atoms with E-state index >= 15 is 0 Å². The first kappa shape index (κ1) is 21.3. The molecule has 2 aromatic heterocycles. The van der Waals surface area contributed by atoms with Gasteiger partial charge >= 0.3 is 0 Å². The van der Waals surface area contributed by atoms with Crippen molar-refractivity contribution < 1.29 is 9.53 Å². The second-order valence-electron chi connectivity index (χ2n) is 8.86. The maximum atomic E-state index is 13.0. The Bertz CT molecular complexity index is 1100. The van der Waals surface area contributed by atoms with Gasteiger partial charge in [-0.3, -0.25) is 4.79 Å². The van der Waals surface area contributed by atoms with E-state index in [9.17, 15) is 4.79 Å². The number of anilines is 1. The van der Waals surface area contributed by atoms with Gasteiger partial charge in [-0.25, -0.2) is 9.97 Å². The highest BCUT2D eigenvalue weighted by Crippen LogP contribution is 2.44. The van der Waals surface area contributed by atoms with Gasteiger partial charge in [-0.1, -0.05) is 41.7 Å². The lowest BCUT2D eigenvalue weighted by molar-refractivity contribution is -0.122. The SMILES string of the molecule is CC(C)OCc1nc(C2CC2)c2sc(N3CCC[C@@H]3C(=O)NCc3ccccc3)nc2n1. The molecule has 0 radical (unpaired) electrons. The number of nitrogens with one attached hydrogen (secondary N) is 1. The zero-order chi connectivity index (χ0) is 22.1. The summed E-state index contributed by atoms with van der Waals surface area (Å²) >= 11 is 1.63. The number of amides is 1. The van der Waals surface area contributed by atoms with E-state index in [4.69, 9.17) is 19.7 Å². The monoisotopic (exact) mass is 451 g/mol. The smallest absolute Gasteiger partial charge is 0.243 e. The summed E-state index contributed by atoms with van der Waals surface area (Å²) in [5, 5.41) is 3.97. The highest BCUT2D eigenvalue weighted by Gasteiger charge is 2.34. The van der Waals surface area contributed by atoms with Gasteiger partial charge in [0.1, 0.15) is 12.6 Å². The molecule has 168 valence electrons. The van der Waals surface area contributed by atoms with Crippen LogP contribution in [0.5, 0.6) is 0 Å². The van der Waals surface area contributed by atoms with Crippen molar-refractivity contribution in [2.75, 3.05) is 11.4 Å². The average Bonchev–Trinajstić information content (AvgIpc) is 3.36. The summed E-state index contributed by atoms with van der Waals surface area (Å²) in [5.41, 5.74) is 2.94. The van der Waals surface area contributed by atoms with Crippen molar-refractivity contribution in [3.8, 4) is 0 Å². The molecule has 1 aromatic carbocycles. The Labute approximate surface area is 192 Å².